The lowest BCUT2D eigenvalue weighted by atomic mass is 10.3. The molecular formula is C5H9ClF. The van der Waals surface area contributed by atoms with Crippen molar-refractivity contribution in [2.45, 2.75) is 26.2 Å². The molecule has 0 N–H and O–H groups in total. The first-order chi connectivity index (χ1) is 3.27. The summed E-state index contributed by atoms with van der Waals surface area (Å²) in [7, 11) is 0. The third kappa shape index (κ3) is 6.22. The highest BCUT2D eigenvalue weighted by atomic mass is 35.5. The molecule has 0 aliphatic carbocycles. The highest BCUT2D eigenvalue weighted by molar-refractivity contribution is 6.25. The smallest absolute Gasteiger partial charge is 0.221 e. The predicted octanol–water partition coefficient (Wildman–Crippen LogP) is 2.87. The van der Waals surface area contributed by atoms with E-state index in [-0.39, 0.29) is 0 Å². The van der Waals surface area contributed by atoms with Gasteiger partial charge in [0.1, 0.15) is 0 Å². The summed E-state index contributed by atoms with van der Waals surface area (Å²) in [6.45, 7) is 2.00. The standard InChI is InChI=1S/C5H9ClF/c1-2-3-4-5(6)7/h2-4H2,1H3. The molecule has 0 bridgehead atoms. The van der Waals surface area contributed by atoms with Crippen LogP contribution in [0.5, 0.6) is 0 Å². The van der Waals surface area contributed by atoms with Gasteiger partial charge in [0.15, 0.2) is 0 Å². The van der Waals surface area contributed by atoms with E-state index in [1.807, 2.05) is 6.92 Å². The lowest BCUT2D eigenvalue weighted by molar-refractivity contribution is 0.523. The first kappa shape index (κ1) is 7.22. The van der Waals surface area contributed by atoms with E-state index in [4.69, 9.17) is 11.6 Å². The van der Waals surface area contributed by atoms with Gasteiger partial charge in [0.25, 0.3) is 0 Å². The van der Waals surface area contributed by atoms with E-state index in [0.29, 0.717) is 6.42 Å². The van der Waals surface area contributed by atoms with Gasteiger partial charge in [-0.2, -0.15) is 0 Å². The summed E-state index contributed by atoms with van der Waals surface area (Å²) in [6.07, 6.45) is 2.27. The van der Waals surface area contributed by atoms with Crippen LogP contribution in [0.25, 0.3) is 0 Å². The van der Waals surface area contributed by atoms with Gasteiger partial charge in [0, 0.05) is 6.42 Å². The molecule has 2 heteroatoms. The second-order valence-corrected chi connectivity index (χ2v) is 1.85. The second kappa shape index (κ2) is 4.38. The van der Waals surface area contributed by atoms with Crippen LogP contribution in [0.15, 0.2) is 0 Å². The third-order valence-electron chi connectivity index (χ3n) is 0.719. The molecule has 43 valence electrons. The van der Waals surface area contributed by atoms with Crippen LogP contribution in [-0.2, 0) is 0 Å². The molecule has 0 saturated heterocycles. The Balaban J connectivity index is 2.68. The van der Waals surface area contributed by atoms with Crippen molar-refractivity contribution in [1.82, 2.24) is 0 Å². The fourth-order valence-electron chi connectivity index (χ4n) is 0.310. The largest absolute Gasteiger partial charge is 0.231 e. The molecule has 0 spiro atoms. The predicted molar refractivity (Wildman–Crippen MR) is 29.7 cm³/mol. The molecular weight excluding hydrogens is 115 g/mol. The molecule has 0 rings (SSSR count). The van der Waals surface area contributed by atoms with Crippen LogP contribution in [0.1, 0.15) is 26.2 Å². The van der Waals surface area contributed by atoms with Crippen molar-refractivity contribution in [2.24, 2.45) is 0 Å². The minimum atomic E-state index is -0.471. The number of hydrogen-bond donors (Lipinski definition) is 0. The van der Waals surface area contributed by atoms with E-state index in [0.717, 1.165) is 12.8 Å². The number of unbranched alkanes of at least 4 members (excludes halogenated alkanes) is 1. The highest BCUT2D eigenvalue weighted by Crippen LogP contribution is 2.15. The summed E-state index contributed by atoms with van der Waals surface area (Å²) in [5.41, 5.74) is -0.471. The zero-order valence-electron chi connectivity index (χ0n) is 4.38. The monoisotopic (exact) mass is 123 g/mol. The quantitative estimate of drug-likeness (QED) is 0.541. The molecule has 0 saturated carbocycles. The van der Waals surface area contributed by atoms with E-state index in [1.165, 1.54) is 0 Å². The van der Waals surface area contributed by atoms with Gasteiger partial charge in [-0.15, -0.1) is 0 Å². The Morgan fingerprint density at radius 2 is 2.29 bits per heavy atom. The fourth-order valence-corrected chi connectivity index (χ4v) is 0.444. The van der Waals surface area contributed by atoms with E-state index in [9.17, 15) is 4.39 Å². The lowest BCUT2D eigenvalue weighted by Crippen LogP contribution is -1.75. The Kier molecular flexibility index (Phi) is 4.52. The summed E-state index contributed by atoms with van der Waals surface area (Å²) >= 11 is 4.91. The number of halogens is 2. The fraction of sp³-hybridized carbons (Fsp3) is 0.800. The van der Waals surface area contributed by atoms with Crippen molar-refractivity contribution in [2.75, 3.05) is 0 Å². The molecule has 0 fully saturated rings. The molecule has 0 aliphatic heterocycles. The second-order valence-electron chi connectivity index (χ2n) is 1.44. The van der Waals surface area contributed by atoms with Crippen molar-refractivity contribution < 1.29 is 4.39 Å². The average Bonchev–Trinajstić information content (AvgIpc) is 1.61. The molecule has 7 heavy (non-hydrogen) atoms. The van der Waals surface area contributed by atoms with Crippen LogP contribution in [0.2, 0.25) is 0 Å². The van der Waals surface area contributed by atoms with Gasteiger partial charge in [0.2, 0.25) is 5.63 Å². The molecule has 0 aliphatic rings. The van der Waals surface area contributed by atoms with Crippen molar-refractivity contribution in [3.63, 3.8) is 0 Å². The maximum absolute atomic E-state index is 11.6. The Hall–Kier alpha value is 0.220. The molecule has 0 heterocycles. The van der Waals surface area contributed by atoms with Crippen molar-refractivity contribution in [1.29, 1.82) is 0 Å². The maximum atomic E-state index is 11.6. The molecule has 0 amide bonds. The average molecular weight is 124 g/mol. The van der Waals surface area contributed by atoms with Crippen molar-refractivity contribution in [3.05, 3.63) is 5.63 Å². The van der Waals surface area contributed by atoms with E-state index in [2.05, 4.69) is 0 Å². The minimum absolute atomic E-state index is 0.415. The van der Waals surface area contributed by atoms with Crippen LogP contribution in [-0.4, -0.2) is 0 Å². The zero-order valence-corrected chi connectivity index (χ0v) is 5.13. The zero-order chi connectivity index (χ0) is 5.70. The van der Waals surface area contributed by atoms with Gasteiger partial charge >= 0.3 is 0 Å². The molecule has 0 unspecified atom stereocenters. The lowest BCUT2D eigenvalue weighted by Gasteiger charge is -1.91. The van der Waals surface area contributed by atoms with Crippen LogP contribution in [0.4, 0.5) is 4.39 Å². The normalized spacial score (nSPS) is 10.3. The summed E-state index contributed by atoms with van der Waals surface area (Å²) in [5, 5.41) is 0. The number of hydrogen-bond acceptors (Lipinski definition) is 0. The van der Waals surface area contributed by atoms with Crippen LogP contribution >= 0.6 is 11.6 Å². The molecule has 0 aromatic rings. The maximum Gasteiger partial charge on any atom is 0.231 e. The molecule has 0 nitrogen and oxygen atoms in total. The molecule has 0 aromatic carbocycles. The summed E-state index contributed by atoms with van der Waals surface area (Å²) in [6, 6.07) is 0. The molecule has 0 atom stereocenters. The molecule has 1 radical (unpaired) electrons. The van der Waals surface area contributed by atoms with Gasteiger partial charge in [-0.05, 0) is 6.42 Å². The van der Waals surface area contributed by atoms with Gasteiger partial charge < -0.3 is 0 Å². The Morgan fingerprint density at radius 1 is 1.71 bits per heavy atom. The Bertz CT molecular complexity index is 37.1. The van der Waals surface area contributed by atoms with Crippen LogP contribution < -0.4 is 0 Å². The van der Waals surface area contributed by atoms with Crippen LogP contribution in [0.3, 0.4) is 0 Å². The van der Waals surface area contributed by atoms with E-state index < -0.39 is 5.63 Å². The highest BCUT2D eigenvalue weighted by Gasteiger charge is 1.98. The van der Waals surface area contributed by atoms with Crippen molar-refractivity contribution >= 4 is 11.6 Å². The first-order valence-electron chi connectivity index (χ1n) is 2.44. The van der Waals surface area contributed by atoms with E-state index in [1.54, 1.807) is 0 Å². The third-order valence-corrected chi connectivity index (χ3v) is 0.908. The SMILES string of the molecule is CCCC[C](F)Cl. The van der Waals surface area contributed by atoms with Crippen molar-refractivity contribution in [3.8, 4) is 0 Å². The summed E-state index contributed by atoms with van der Waals surface area (Å²) in [5.74, 6) is 0. The van der Waals surface area contributed by atoms with Gasteiger partial charge in [-0.25, -0.2) is 4.39 Å². The Morgan fingerprint density at radius 3 is 2.43 bits per heavy atom. The Labute approximate surface area is 48.7 Å². The minimum Gasteiger partial charge on any atom is -0.221 e. The summed E-state index contributed by atoms with van der Waals surface area (Å²) < 4.78 is 11.6. The molecule has 0 aromatic heterocycles. The summed E-state index contributed by atoms with van der Waals surface area (Å²) in [4.78, 5) is 0. The van der Waals surface area contributed by atoms with Gasteiger partial charge in [0.05, 0.1) is 0 Å². The van der Waals surface area contributed by atoms with Gasteiger partial charge in [-0.3, -0.25) is 0 Å². The first-order valence-corrected chi connectivity index (χ1v) is 2.82. The number of rotatable bonds is 3. The van der Waals surface area contributed by atoms with E-state index >= 15 is 0 Å². The topological polar surface area (TPSA) is 0 Å². The van der Waals surface area contributed by atoms with Gasteiger partial charge in [-0.1, -0.05) is 24.9 Å². The van der Waals surface area contributed by atoms with Crippen LogP contribution in [0, 0.1) is 5.63 Å².